The van der Waals surface area contributed by atoms with Crippen molar-refractivity contribution >= 4 is 0 Å². The molecule has 0 aliphatic carbocycles. The van der Waals surface area contributed by atoms with Crippen LogP contribution < -0.4 is 5.73 Å². The van der Waals surface area contributed by atoms with Gasteiger partial charge in [-0.3, -0.25) is 9.88 Å². The van der Waals surface area contributed by atoms with Crippen molar-refractivity contribution in [1.82, 2.24) is 9.88 Å². The van der Waals surface area contributed by atoms with Gasteiger partial charge in [-0.1, -0.05) is 26.3 Å². The highest BCUT2D eigenvalue weighted by Crippen LogP contribution is 2.28. The molecule has 0 radical (unpaired) electrons. The molecule has 1 fully saturated rings. The van der Waals surface area contributed by atoms with E-state index < -0.39 is 0 Å². The Labute approximate surface area is 110 Å². The van der Waals surface area contributed by atoms with Gasteiger partial charge >= 0.3 is 0 Å². The molecule has 0 spiro atoms. The summed E-state index contributed by atoms with van der Waals surface area (Å²) in [5, 5.41) is 0. The van der Waals surface area contributed by atoms with Gasteiger partial charge in [0.2, 0.25) is 0 Å². The van der Waals surface area contributed by atoms with Crippen LogP contribution in [0.15, 0.2) is 24.4 Å². The molecule has 0 aromatic carbocycles. The molecule has 18 heavy (non-hydrogen) atoms. The Hall–Kier alpha value is -0.930. The normalized spacial score (nSPS) is 26.2. The van der Waals surface area contributed by atoms with Crippen LogP contribution in [0.3, 0.4) is 0 Å². The molecule has 2 atom stereocenters. The summed E-state index contributed by atoms with van der Waals surface area (Å²) in [5.41, 5.74) is 7.53. The molecule has 1 aliphatic heterocycles. The van der Waals surface area contributed by atoms with Crippen LogP contribution in [0, 0.1) is 5.92 Å². The summed E-state index contributed by atoms with van der Waals surface area (Å²) in [6, 6.07) is 6.65. The van der Waals surface area contributed by atoms with Crippen LogP contribution >= 0.6 is 0 Å². The van der Waals surface area contributed by atoms with Crippen molar-refractivity contribution in [2.45, 2.75) is 45.2 Å². The molecule has 1 aliphatic rings. The van der Waals surface area contributed by atoms with Crippen molar-refractivity contribution in [2.75, 3.05) is 13.1 Å². The van der Waals surface area contributed by atoms with Crippen LogP contribution in [-0.2, 0) is 0 Å². The van der Waals surface area contributed by atoms with E-state index in [-0.39, 0.29) is 12.1 Å². The molecule has 3 nitrogen and oxygen atoms in total. The van der Waals surface area contributed by atoms with Crippen LogP contribution in [-0.4, -0.2) is 29.0 Å². The maximum atomic E-state index is 6.40. The quantitative estimate of drug-likeness (QED) is 0.892. The lowest BCUT2D eigenvalue weighted by atomic mass is 9.99. The zero-order valence-electron chi connectivity index (χ0n) is 11.5. The largest absolute Gasteiger partial charge is 0.326 e. The lowest BCUT2D eigenvalue weighted by Crippen LogP contribution is -2.41. The van der Waals surface area contributed by atoms with Crippen LogP contribution in [0.25, 0.3) is 0 Å². The number of hydrogen-bond donors (Lipinski definition) is 1. The molecule has 0 amide bonds. The van der Waals surface area contributed by atoms with E-state index in [9.17, 15) is 0 Å². The summed E-state index contributed by atoms with van der Waals surface area (Å²) in [5.74, 6) is 0.668. The zero-order chi connectivity index (χ0) is 13.0. The van der Waals surface area contributed by atoms with Gasteiger partial charge in [-0.25, -0.2) is 0 Å². The fraction of sp³-hybridized carbons (Fsp3) is 0.667. The second kappa shape index (κ2) is 6.30. The third-order valence-electron chi connectivity index (χ3n) is 3.62. The maximum Gasteiger partial charge on any atom is 0.0673 e. The lowest BCUT2D eigenvalue weighted by molar-refractivity contribution is 0.162. The Balaban J connectivity index is 2.23. The molecule has 3 heteroatoms. The molecule has 2 N–H and O–H groups in total. The summed E-state index contributed by atoms with van der Waals surface area (Å²) in [6.45, 7) is 6.79. The first kappa shape index (κ1) is 13.5. The number of aromatic nitrogens is 1. The second-order valence-corrected chi connectivity index (χ2v) is 5.75. The number of likely N-dealkylation sites (tertiary alicyclic amines) is 1. The van der Waals surface area contributed by atoms with E-state index in [1.54, 1.807) is 0 Å². The van der Waals surface area contributed by atoms with Crippen molar-refractivity contribution in [3.05, 3.63) is 30.1 Å². The first-order valence-corrected chi connectivity index (χ1v) is 7.09. The van der Waals surface area contributed by atoms with Crippen LogP contribution in [0.4, 0.5) is 0 Å². The Kier molecular flexibility index (Phi) is 4.72. The first-order valence-electron chi connectivity index (χ1n) is 7.09. The van der Waals surface area contributed by atoms with E-state index in [1.807, 2.05) is 12.3 Å². The molecule has 0 bridgehead atoms. The van der Waals surface area contributed by atoms with Gasteiger partial charge < -0.3 is 5.73 Å². The van der Waals surface area contributed by atoms with Crippen LogP contribution in [0.2, 0.25) is 0 Å². The summed E-state index contributed by atoms with van der Waals surface area (Å²) in [4.78, 5) is 7.06. The first-order chi connectivity index (χ1) is 8.68. The van der Waals surface area contributed by atoms with Crippen LogP contribution in [0.5, 0.6) is 0 Å². The van der Waals surface area contributed by atoms with Gasteiger partial charge in [0, 0.05) is 18.8 Å². The molecule has 1 aromatic heterocycles. The standard InChI is InChI=1S/C15H25N3/c1-12(2)11-18-10-6-4-7-13(16)15(18)14-8-3-5-9-17-14/h3,5,8-9,12-13,15H,4,6-7,10-11,16H2,1-2H3. The van der Waals surface area contributed by atoms with Crippen molar-refractivity contribution in [1.29, 1.82) is 0 Å². The van der Waals surface area contributed by atoms with Crippen molar-refractivity contribution in [3.8, 4) is 0 Å². The molecular formula is C15H25N3. The number of rotatable bonds is 3. The Morgan fingerprint density at radius 1 is 1.39 bits per heavy atom. The minimum absolute atomic E-state index is 0.209. The molecule has 2 rings (SSSR count). The molecular weight excluding hydrogens is 222 g/mol. The number of hydrogen-bond acceptors (Lipinski definition) is 3. The number of nitrogens with two attached hydrogens (primary N) is 1. The Bertz CT molecular complexity index is 350. The minimum atomic E-state index is 0.209. The molecule has 1 saturated heterocycles. The average Bonchev–Trinajstić information content (AvgIpc) is 2.51. The summed E-state index contributed by atoms with van der Waals surface area (Å²) < 4.78 is 0. The SMILES string of the molecule is CC(C)CN1CCCCC(N)C1c1ccccn1. The molecule has 1 aromatic rings. The van der Waals surface area contributed by atoms with E-state index in [0.29, 0.717) is 5.92 Å². The van der Waals surface area contributed by atoms with E-state index in [2.05, 4.69) is 35.9 Å². The fourth-order valence-corrected chi connectivity index (χ4v) is 2.89. The van der Waals surface area contributed by atoms with Gasteiger partial charge in [0.1, 0.15) is 0 Å². The number of nitrogens with zero attached hydrogens (tertiary/aromatic N) is 2. The van der Waals surface area contributed by atoms with Crippen LogP contribution in [0.1, 0.15) is 44.8 Å². The highest BCUT2D eigenvalue weighted by molar-refractivity contribution is 5.12. The molecule has 0 saturated carbocycles. The lowest BCUT2D eigenvalue weighted by Gasteiger charge is -2.34. The second-order valence-electron chi connectivity index (χ2n) is 5.75. The van der Waals surface area contributed by atoms with E-state index >= 15 is 0 Å². The highest BCUT2D eigenvalue weighted by Gasteiger charge is 2.29. The van der Waals surface area contributed by atoms with E-state index in [0.717, 1.165) is 25.2 Å². The van der Waals surface area contributed by atoms with Gasteiger partial charge in [0.25, 0.3) is 0 Å². The fourth-order valence-electron chi connectivity index (χ4n) is 2.89. The molecule has 2 heterocycles. The van der Waals surface area contributed by atoms with Gasteiger partial charge in [-0.05, 0) is 37.4 Å². The Morgan fingerprint density at radius 2 is 2.22 bits per heavy atom. The molecule has 100 valence electrons. The predicted molar refractivity (Wildman–Crippen MR) is 75.2 cm³/mol. The third kappa shape index (κ3) is 3.30. The van der Waals surface area contributed by atoms with Gasteiger partial charge in [0.05, 0.1) is 11.7 Å². The predicted octanol–water partition coefficient (Wildman–Crippen LogP) is 2.59. The van der Waals surface area contributed by atoms with Crippen molar-refractivity contribution in [3.63, 3.8) is 0 Å². The summed E-state index contributed by atoms with van der Waals surface area (Å²) in [7, 11) is 0. The van der Waals surface area contributed by atoms with Gasteiger partial charge in [0.15, 0.2) is 0 Å². The summed E-state index contributed by atoms with van der Waals surface area (Å²) >= 11 is 0. The smallest absolute Gasteiger partial charge is 0.0673 e. The van der Waals surface area contributed by atoms with Gasteiger partial charge in [-0.2, -0.15) is 0 Å². The Morgan fingerprint density at radius 3 is 2.89 bits per heavy atom. The highest BCUT2D eigenvalue weighted by atomic mass is 15.2. The average molecular weight is 247 g/mol. The zero-order valence-corrected chi connectivity index (χ0v) is 11.5. The third-order valence-corrected chi connectivity index (χ3v) is 3.62. The van der Waals surface area contributed by atoms with E-state index in [1.165, 1.54) is 12.8 Å². The summed E-state index contributed by atoms with van der Waals surface area (Å²) in [6.07, 6.45) is 5.47. The molecule has 2 unspecified atom stereocenters. The van der Waals surface area contributed by atoms with Crippen molar-refractivity contribution < 1.29 is 0 Å². The minimum Gasteiger partial charge on any atom is -0.326 e. The monoisotopic (exact) mass is 247 g/mol. The number of pyridine rings is 1. The maximum absolute atomic E-state index is 6.40. The van der Waals surface area contributed by atoms with E-state index in [4.69, 9.17) is 5.73 Å². The topological polar surface area (TPSA) is 42.1 Å². The van der Waals surface area contributed by atoms with Crippen molar-refractivity contribution in [2.24, 2.45) is 11.7 Å². The van der Waals surface area contributed by atoms with Gasteiger partial charge in [-0.15, -0.1) is 0 Å².